The van der Waals surface area contributed by atoms with E-state index in [1.807, 2.05) is 13.8 Å². The average molecular weight is 666 g/mol. The zero-order chi connectivity index (χ0) is 34.8. The largest absolute Gasteiger partial charge is 0.859 e. The third-order valence-corrected chi connectivity index (χ3v) is 9.39. The predicted octanol–water partition coefficient (Wildman–Crippen LogP) is 1.64. The Morgan fingerprint density at radius 3 is 1.88 bits per heavy atom. The van der Waals surface area contributed by atoms with Crippen LogP contribution in [0.4, 0.5) is 0 Å². The van der Waals surface area contributed by atoms with Crippen molar-refractivity contribution >= 4 is 0 Å². The van der Waals surface area contributed by atoms with Gasteiger partial charge in [0.1, 0.15) is 12.3 Å². The molecule has 6 rings (SSSR count). The Balaban J connectivity index is 1.65. The number of quaternary nitrogens is 1. The number of aromatic amines is 2. The predicted molar refractivity (Wildman–Crippen MR) is 183 cm³/mol. The van der Waals surface area contributed by atoms with Crippen molar-refractivity contribution in [2.75, 3.05) is 20.2 Å². The van der Waals surface area contributed by atoms with Gasteiger partial charge in [-0.2, -0.15) is 0 Å². The summed E-state index contributed by atoms with van der Waals surface area (Å²) in [7, 11) is 1.55. The molecule has 1 atom stereocenters. The van der Waals surface area contributed by atoms with Crippen molar-refractivity contribution in [2.24, 2.45) is 0 Å². The molecule has 0 radical (unpaired) electrons. The number of methoxy groups -OCH3 is 1. The van der Waals surface area contributed by atoms with Crippen LogP contribution in [0.5, 0.6) is 17.5 Å². The molecule has 1 aliphatic rings. The van der Waals surface area contributed by atoms with Gasteiger partial charge in [-0.3, -0.25) is 24.1 Å². The van der Waals surface area contributed by atoms with Gasteiger partial charge in [-0.15, -0.1) is 0 Å². The highest BCUT2D eigenvalue weighted by molar-refractivity contribution is 5.53. The Morgan fingerprint density at radius 2 is 1.33 bits per heavy atom. The summed E-state index contributed by atoms with van der Waals surface area (Å²) in [5.41, 5.74) is -1.21. The first-order valence-electron chi connectivity index (χ1n) is 16.5. The van der Waals surface area contributed by atoms with Crippen molar-refractivity contribution in [3.63, 3.8) is 0 Å². The third kappa shape index (κ3) is 6.34. The van der Waals surface area contributed by atoms with Gasteiger partial charge in [-0.25, -0.2) is 14.2 Å². The summed E-state index contributed by atoms with van der Waals surface area (Å²) >= 11 is 0. The SMILES string of the molecule is CCc1ccc(-n2c([O-])c(C(c3ccc(OC)c(C[NH+]4CCCC4)c3)c3c(O)n(-c4ccc(CC)cc4)c(=O)[nH]c3=O)c(=O)[nH]c2=O)cc1. The minimum atomic E-state index is -1.50. The highest BCUT2D eigenvalue weighted by Gasteiger charge is 2.32. The summed E-state index contributed by atoms with van der Waals surface area (Å²) in [5, 5.41) is 26.2. The van der Waals surface area contributed by atoms with Crippen molar-refractivity contribution in [2.45, 2.75) is 52.0 Å². The Labute approximate surface area is 281 Å². The molecule has 12 nitrogen and oxygen atoms in total. The monoisotopic (exact) mass is 665 g/mol. The van der Waals surface area contributed by atoms with Crippen LogP contribution in [0.3, 0.4) is 0 Å². The molecule has 4 N–H and O–H groups in total. The zero-order valence-electron chi connectivity index (χ0n) is 27.7. The molecule has 254 valence electrons. The van der Waals surface area contributed by atoms with Crippen molar-refractivity contribution in [1.82, 2.24) is 19.1 Å². The van der Waals surface area contributed by atoms with Gasteiger partial charge in [0, 0.05) is 29.7 Å². The number of rotatable bonds is 10. The molecule has 1 unspecified atom stereocenters. The first-order chi connectivity index (χ1) is 23.6. The average Bonchev–Trinajstić information content (AvgIpc) is 3.61. The van der Waals surface area contributed by atoms with Crippen molar-refractivity contribution in [1.29, 1.82) is 0 Å². The van der Waals surface area contributed by atoms with E-state index in [1.54, 1.807) is 73.8 Å². The van der Waals surface area contributed by atoms with E-state index in [0.717, 1.165) is 64.6 Å². The third-order valence-electron chi connectivity index (χ3n) is 9.39. The molecule has 3 aromatic carbocycles. The van der Waals surface area contributed by atoms with E-state index in [1.165, 1.54) is 4.90 Å². The molecule has 5 aromatic rings. The molecule has 12 heteroatoms. The van der Waals surface area contributed by atoms with Crippen LogP contribution in [0.15, 0.2) is 85.9 Å². The molecular formula is C37H39N5O7. The highest BCUT2D eigenvalue weighted by atomic mass is 16.5. The second-order valence-corrected chi connectivity index (χ2v) is 12.3. The Bertz CT molecular complexity index is 2100. The fraction of sp³-hybridized carbons (Fsp3) is 0.297. The summed E-state index contributed by atoms with van der Waals surface area (Å²) < 4.78 is 7.44. The molecule has 0 saturated carbocycles. The number of hydrogen-bond donors (Lipinski definition) is 4. The van der Waals surface area contributed by atoms with Gasteiger partial charge in [0.05, 0.1) is 37.4 Å². The maximum absolute atomic E-state index is 14.4. The maximum atomic E-state index is 14.4. The van der Waals surface area contributed by atoms with Gasteiger partial charge in [-0.05, 0) is 71.8 Å². The number of likely N-dealkylation sites (tertiary alicyclic amines) is 1. The first kappa shape index (κ1) is 33.3. The molecular weight excluding hydrogens is 626 g/mol. The molecule has 1 saturated heterocycles. The molecule has 1 fully saturated rings. The minimum absolute atomic E-state index is 0.218. The Hall–Kier alpha value is -5.62. The normalized spacial score (nSPS) is 13.9. The van der Waals surface area contributed by atoms with Crippen LogP contribution in [-0.4, -0.2) is 44.4 Å². The fourth-order valence-corrected chi connectivity index (χ4v) is 6.73. The minimum Gasteiger partial charge on any atom is -0.859 e. The standard InChI is InChI=1S/C37H39N5O7/c1-4-22-8-13-26(14-9-22)41-34(45)30(32(43)38-36(41)47)29(24-12-17-28(49-3)25(20-24)21-40-18-6-7-19-40)31-33(44)39-37(48)42(35(31)46)27-15-10-23(5-2)11-16-27/h8-17,20,29,45-46H,4-7,18-19,21H2,1-3H3,(H,38,43,47)(H,39,44,48). The van der Waals surface area contributed by atoms with E-state index in [4.69, 9.17) is 4.74 Å². The summed E-state index contributed by atoms with van der Waals surface area (Å²) in [6.07, 6.45) is 3.64. The number of ether oxygens (including phenoxy) is 1. The molecule has 0 aliphatic carbocycles. The lowest BCUT2D eigenvalue weighted by Crippen LogP contribution is -3.08. The summed E-state index contributed by atoms with van der Waals surface area (Å²) in [5.74, 6) is -2.62. The quantitative estimate of drug-likeness (QED) is 0.176. The second-order valence-electron chi connectivity index (χ2n) is 12.3. The van der Waals surface area contributed by atoms with Crippen LogP contribution in [0, 0.1) is 0 Å². The van der Waals surface area contributed by atoms with Crippen LogP contribution in [0.2, 0.25) is 0 Å². The van der Waals surface area contributed by atoms with Crippen LogP contribution < -0.4 is 37.2 Å². The van der Waals surface area contributed by atoms with E-state index < -0.39 is 51.3 Å². The van der Waals surface area contributed by atoms with Crippen molar-refractivity contribution in [3.8, 4) is 28.9 Å². The van der Waals surface area contributed by atoms with E-state index in [0.29, 0.717) is 17.9 Å². The number of aromatic hydroxyl groups is 1. The van der Waals surface area contributed by atoms with E-state index in [-0.39, 0.29) is 11.4 Å². The summed E-state index contributed by atoms with van der Waals surface area (Å²) in [4.78, 5) is 59.8. The van der Waals surface area contributed by atoms with Gasteiger partial charge in [-0.1, -0.05) is 44.2 Å². The van der Waals surface area contributed by atoms with Gasteiger partial charge in [0.25, 0.3) is 11.1 Å². The second kappa shape index (κ2) is 13.9. The van der Waals surface area contributed by atoms with Gasteiger partial charge in [0.2, 0.25) is 5.88 Å². The van der Waals surface area contributed by atoms with Gasteiger partial charge >= 0.3 is 11.4 Å². The molecule has 3 heterocycles. The van der Waals surface area contributed by atoms with E-state index in [2.05, 4.69) is 9.97 Å². The molecule has 2 aromatic heterocycles. The lowest BCUT2D eigenvalue weighted by Gasteiger charge is -2.27. The lowest BCUT2D eigenvalue weighted by atomic mass is 9.85. The molecule has 0 amide bonds. The summed E-state index contributed by atoms with van der Waals surface area (Å²) in [6.45, 7) is 6.46. The summed E-state index contributed by atoms with van der Waals surface area (Å²) in [6, 6.07) is 18.7. The van der Waals surface area contributed by atoms with Gasteiger partial charge in [0.15, 0.2) is 0 Å². The Kier molecular flexibility index (Phi) is 9.41. The maximum Gasteiger partial charge on any atom is 0.335 e. The molecule has 49 heavy (non-hydrogen) atoms. The number of aryl methyl sites for hydroxylation is 2. The number of benzene rings is 3. The smallest absolute Gasteiger partial charge is 0.335 e. The lowest BCUT2D eigenvalue weighted by molar-refractivity contribution is -0.901. The zero-order valence-corrected chi connectivity index (χ0v) is 27.7. The first-order valence-corrected chi connectivity index (χ1v) is 16.5. The number of nitrogens with zero attached hydrogens (tertiary/aromatic N) is 2. The molecule has 0 bridgehead atoms. The van der Waals surface area contributed by atoms with Crippen LogP contribution in [-0.2, 0) is 19.4 Å². The number of hydrogen-bond acceptors (Lipinski definition) is 7. The molecule has 0 spiro atoms. The highest BCUT2D eigenvalue weighted by Crippen LogP contribution is 2.38. The van der Waals surface area contributed by atoms with Crippen molar-refractivity contribution in [3.05, 3.63) is 142 Å². The van der Waals surface area contributed by atoms with Gasteiger partial charge < -0.3 is 19.8 Å². The number of aromatic nitrogens is 4. The van der Waals surface area contributed by atoms with Crippen LogP contribution >= 0.6 is 0 Å². The van der Waals surface area contributed by atoms with E-state index in [9.17, 15) is 29.4 Å². The van der Waals surface area contributed by atoms with Crippen LogP contribution in [0.1, 0.15) is 66.0 Å². The number of nitrogens with one attached hydrogen (secondary N) is 3. The fourth-order valence-electron chi connectivity index (χ4n) is 6.73. The van der Waals surface area contributed by atoms with E-state index >= 15 is 0 Å². The topological polar surface area (TPSA) is 167 Å². The Morgan fingerprint density at radius 1 is 0.796 bits per heavy atom. The van der Waals surface area contributed by atoms with Crippen molar-refractivity contribution < 1.29 is 19.8 Å². The van der Waals surface area contributed by atoms with Crippen LogP contribution in [0.25, 0.3) is 11.4 Å². The number of H-pyrrole nitrogens is 2. The molecule has 1 aliphatic heterocycles.